The van der Waals surface area contributed by atoms with Crippen molar-refractivity contribution in [2.75, 3.05) is 0 Å². The van der Waals surface area contributed by atoms with E-state index < -0.39 is 10.5 Å². The Morgan fingerprint density at radius 2 is 1.84 bits per heavy atom. The van der Waals surface area contributed by atoms with Crippen molar-refractivity contribution in [3.63, 3.8) is 0 Å². The minimum atomic E-state index is -0.523. The second-order valence-corrected chi connectivity index (χ2v) is 5.30. The second-order valence-electron chi connectivity index (χ2n) is 5.30. The molecule has 0 spiro atoms. The molecule has 0 atom stereocenters. The Hall–Kier alpha value is -3.81. The van der Waals surface area contributed by atoms with Gasteiger partial charge in [0.25, 0.3) is 5.69 Å². The number of nitrogens with zero attached hydrogens (tertiary/aromatic N) is 3. The number of fused-ring (bicyclic) bond motifs is 1. The molecular weight excluding hydrogens is 324 g/mol. The van der Waals surface area contributed by atoms with Crippen LogP contribution in [0.5, 0.6) is 0 Å². The Morgan fingerprint density at radius 1 is 1.08 bits per heavy atom. The Balaban J connectivity index is 1.75. The number of nitro groups is 1. The summed E-state index contributed by atoms with van der Waals surface area (Å²) in [6.45, 7) is 0. The highest BCUT2D eigenvalue weighted by molar-refractivity contribution is 5.80. The highest BCUT2D eigenvalue weighted by Gasteiger charge is 2.14. The van der Waals surface area contributed by atoms with Gasteiger partial charge in [0.1, 0.15) is 11.1 Å². The van der Waals surface area contributed by atoms with Crippen molar-refractivity contribution < 1.29 is 9.34 Å². The summed E-state index contributed by atoms with van der Waals surface area (Å²) in [5.41, 5.74) is 0.809. The first-order valence-electron chi connectivity index (χ1n) is 7.32. The monoisotopic (exact) mass is 334 g/mol. The molecule has 8 nitrogen and oxygen atoms in total. The number of hydrogen-bond donors (Lipinski definition) is 1. The van der Waals surface area contributed by atoms with Gasteiger partial charge in [-0.15, -0.1) is 0 Å². The molecule has 4 aromatic rings. The molecule has 4 rings (SSSR count). The molecule has 25 heavy (non-hydrogen) atoms. The van der Waals surface area contributed by atoms with Crippen LogP contribution in [-0.2, 0) is 0 Å². The zero-order chi connectivity index (χ0) is 17.4. The first kappa shape index (κ1) is 14.8. The van der Waals surface area contributed by atoms with Crippen LogP contribution in [0.3, 0.4) is 0 Å². The summed E-state index contributed by atoms with van der Waals surface area (Å²) in [6.07, 6.45) is 0. The van der Waals surface area contributed by atoms with Crippen LogP contribution in [0.25, 0.3) is 33.7 Å². The maximum absolute atomic E-state index is 12.2. The van der Waals surface area contributed by atoms with Crippen LogP contribution < -0.4 is 5.63 Å². The Morgan fingerprint density at radius 3 is 2.60 bits per heavy atom. The van der Waals surface area contributed by atoms with E-state index in [1.165, 1.54) is 12.1 Å². The van der Waals surface area contributed by atoms with E-state index in [2.05, 4.69) is 15.2 Å². The lowest BCUT2D eigenvalue weighted by molar-refractivity contribution is -0.384. The van der Waals surface area contributed by atoms with Crippen molar-refractivity contribution in [1.29, 1.82) is 0 Å². The Bertz CT molecular complexity index is 1150. The summed E-state index contributed by atoms with van der Waals surface area (Å²) < 4.78 is 5.29. The molecule has 2 aromatic carbocycles. The Kier molecular flexibility index (Phi) is 3.35. The van der Waals surface area contributed by atoms with E-state index in [0.717, 1.165) is 5.39 Å². The average molecular weight is 334 g/mol. The highest BCUT2D eigenvalue weighted by atomic mass is 16.6. The normalized spacial score (nSPS) is 10.9. The molecule has 0 radical (unpaired) electrons. The van der Waals surface area contributed by atoms with E-state index in [-0.39, 0.29) is 17.1 Å². The predicted molar refractivity (Wildman–Crippen MR) is 90.0 cm³/mol. The van der Waals surface area contributed by atoms with Gasteiger partial charge in [0.2, 0.25) is 0 Å². The topological polar surface area (TPSA) is 115 Å². The third-order valence-corrected chi connectivity index (χ3v) is 3.72. The van der Waals surface area contributed by atoms with Gasteiger partial charge in [0, 0.05) is 23.1 Å². The molecule has 0 bridgehead atoms. The molecule has 0 saturated heterocycles. The number of aromatic amines is 1. The van der Waals surface area contributed by atoms with Gasteiger partial charge in [0.05, 0.1) is 4.92 Å². The van der Waals surface area contributed by atoms with Crippen LogP contribution in [0.15, 0.2) is 63.8 Å². The SMILES string of the molecule is O=c1oc2ccccc2cc1-c1nc(-c2ccc([N+](=O)[O-])cc2)n[nH]1. The van der Waals surface area contributed by atoms with Crippen molar-refractivity contribution in [3.05, 3.63) is 75.1 Å². The quantitative estimate of drug-likeness (QED) is 0.349. The maximum Gasteiger partial charge on any atom is 0.347 e. The van der Waals surface area contributed by atoms with Crippen molar-refractivity contribution in [1.82, 2.24) is 15.2 Å². The van der Waals surface area contributed by atoms with Gasteiger partial charge < -0.3 is 4.42 Å². The summed E-state index contributed by atoms with van der Waals surface area (Å²) in [5.74, 6) is 0.602. The van der Waals surface area contributed by atoms with Crippen LogP contribution in [0, 0.1) is 10.1 Å². The first-order chi connectivity index (χ1) is 12.1. The Labute approximate surface area is 139 Å². The van der Waals surface area contributed by atoms with Gasteiger partial charge in [-0.25, -0.2) is 9.78 Å². The summed E-state index contributed by atoms with van der Waals surface area (Å²) >= 11 is 0. The number of nitro benzene ring substituents is 1. The maximum atomic E-state index is 12.2. The third-order valence-electron chi connectivity index (χ3n) is 3.72. The fourth-order valence-electron chi connectivity index (χ4n) is 2.47. The summed E-state index contributed by atoms with van der Waals surface area (Å²) in [5, 5.41) is 18.3. The highest BCUT2D eigenvalue weighted by Crippen LogP contribution is 2.22. The molecular formula is C17H10N4O4. The number of H-pyrrole nitrogens is 1. The lowest BCUT2D eigenvalue weighted by atomic mass is 10.2. The zero-order valence-electron chi connectivity index (χ0n) is 12.7. The minimum absolute atomic E-state index is 0.0188. The van der Waals surface area contributed by atoms with E-state index in [4.69, 9.17) is 4.42 Å². The molecule has 0 aliphatic heterocycles. The zero-order valence-corrected chi connectivity index (χ0v) is 12.7. The molecule has 8 heteroatoms. The second kappa shape index (κ2) is 5.68. The van der Waals surface area contributed by atoms with Gasteiger partial charge in [-0.2, -0.15) is 5.10 Å². The molecule has 0 amide bonds. The van der Waals surface area contributed by atoms with E-state index >= 15 is 0 Å². The van der Waals surface area contributed by atoms with Crippen molar-refractivity contribution in [2.45, 2.75) is 0 Å². The lowest BCUT2D eigenvalue weighted by Crippen LogP contribution is -2.03. The van der Waals surface area contributed by atoms with Crippen LogP contribution in [-0.4, -0.2) is 20.1 Å². The predicted octanol–water partition coefficient (Wildman–Crippen LogP) is 3.15. The number of benzene rings is 2. The van der Waals surface area contributed by atoms with Crippen LogP contribution in [0.2, 0.25) is 0 Å². The largest absolute Gasteiger partial charge is 0.422 e. The summed E-state index contributed by atoms with van der Waals surface area (Å²) in [6, 6.07) is 14.7. The fourth-order valence-corrected chi connectivity index (χ4v) is 2.47. The molecule has 122 valence electrons. The van der Waals surface area contributed by atoms with Gasteiger partial charge in [-0.1, -0.05) is 18.2 Å². The van der Waals surface area contributed by atoms with Gasteiger partial charge in [-0.3, -0.25) is 15.2 Å². The number of non-ortho nitro benzene ring substituents is 1. The van der Waals surface area contributed by atoms with E-state index in [1.807, 2.05) is 12.1 Å². The van der Waals surface area contributed by atoms with Gasteiger partial charge >= 0.3 is 5.63 Å². The van der Waals surface area contributed by atoms with Crippen molar-refractivity contribution >= 4 is 16.7 Å². The molecule has 1 N–H and O–H groups in total. The number of aromatic nitrogens is 3. The molecule has 0 unspecified atom stereocenters. The molecule has 0 fully saturated rings. The van der Waals surface area contributed by atoms with Crippen molar-refractivity contribution in [2.24, 2.45) is 0 Å². The van der Waals surface area contributed by atoms with Gasteiger partial charge in [0.15, 0.2) is 11.6 Å². The number of rotatable bonds is 3. The van der Waals surface area contributed by atoms with E-state index in [0.29, 0.717) is 17.0 Å². The smallest absolute Gasteiger partial charge is 0.347 e. The summed E-state index contributed by atoms with van der Waals surface area (Å²) in [4.78, 5) is 26.7. The average Bonchev–Trinajstić information content (AvgIpc) is 3.11. The third kappa shape index (κ3) is 2.65. The van der Waals surface area contributed by atoms with E-state index in [9.17, 15) is 14.9 Å². The fraction of sp³-hybridized carbons (Fsp3) is 0. The number of nitrogens with one attached hydrogen (secondary N) is 1. The molecule has 0 aliphatic rings. The van der Waals surface area contributed by atoms with Gasteiger partial charge in [-0.05, 0) is 24.3 Å². The molecule has 0 saturated carbocycles. The molecule has 2 aromatic heterocycles. The minimum Gasteiger partial charge on any atom is -0.422 e. The molecule has 2 heterocycles. The van der Waals surface area contributed by atoms with Crippen LogP contribution >= 0.6 is 0 Å². The standard InChI is InChI=1S/C17H10N4O4/c22-17-13(9-11-3-1-2-4-14(11)25-17)16-18-15(19-20-16)10-5-7-12(8-6-10)21(23)24/h1-9H,(H,18,19,20). The number of hydrogen-bond acceptors (Lipinski definition) is 6. The molecule has 0 aliphatic carbocycles. The summed E-state index contributed by atoms with van der Waals surface area (Å²) in [7, 11) is 0. The first-order valence-corrected chi connectivity index (χ1v) is 7.32. The van der Waals surface area contributed by atoms with E-state index in [1.54, 1.807) is 30.3 Å². The lowest BCUT2D eigenvalue weighted by Gasteiger charge is -1.98. The van der Waals surface area contributed by atoms with Crippen molar-refractivity contribution in [3.8, 4) is 22.8 Å². The number of para-hydroxylation sites is 1. The van der Waals surface area contributed by atoms with Crippen LogP contribution in [0.1, 0.15) is 0 Å². The van der Waals surface area contributed by atoms with Crippen LogP contribution in [0.4, 0.5) is 5.69 Å².